The second kappa shape index (κ2) is 5.68. The van der Waals surface area contributed by atoms with Crippen LogP contribution in [0.5, 0.6) is 0 Å². The van der Waals surface area contributed by atoms with Gasteiger partial charge in [-0.25, -0.2) is 9.97 Å². The lowest BCUT2D eigenvalue weighted by molar-refractivity contribution is 0.0622. The quantitative estimate of drug-likeness (QED) is 0.851. The summed E-state index contributed by atoms with van der Waals surface area (Å²) in [5.74, 6) is 1.98. The number of likely N-dealkylation sites (tertiary alicyclic amines) is 1. The molecule has 1 aliphatic rings. The van der Waals surface area contributed by atoms with E-state index in [-0.39, 0.29) is 5.91 Å². The Kier molecular flexibility index (Phi) is 3.73. The van der Waals surface area contributed by atoms with Gasteiger partial charge in [0.15, 0.2) is 0 Å². The van der Waals surface area contributed by atoms with Crippen molar-refractivity contribution in [3.05, 3.63) is 42.6 Å². The van der Waals surface area contributed by atoms with Gasteiger partial charge in [-0.3, -0.25) is 9.36 Å². The molecule has 110 valence electrons. The molecule has 0 N–H and O–H groups in total. The molecular formula is C16H20N4O. The monoisotopic (exact) mass is 284 g/mol. The number of imidazole rings is 1. The Bertz CT molecular complexity index is 596. The molecule has 0 spiro atoms. The molecule has 0 saturated carbocycles. The molecule has 3 rings (SSSR count). The third-order valence-corrected chi connectivity index (χ3v) is 3.92. The predicted octanol–water partition coefficient (Wildman–Crippen LogP) is 2.39. The maximum Gasteiger partial charge on any atom is 0.255 e. The largest absolute Gasteiger partial charge is 0.338 e. The fourth-order valence-corrected chi connectivity index (χ4v) is 3.07. The van der Waals surface area contributed by atoms with Crippen molar-refractivity contribution in [3.63, 3.8) is 0 Å². The van der Waals surface area contributed by atoms with Crippen molar-refractivity contribution in [1.29, 1.82) is 0 Å². The Balaban J connectivity index is 1.76. The Labute approximate surface area is 124 Å². The number of pyridine rings is 1. The lowest BCUT2D eigenvalue weighted by Crippen LogP contribution is -2.42. The van der Waals surface area contributed by atoms with Gasteiger partial charge in [-0.15, -0.1) is 0 Å². The minimum Gasteiger partial charge on any atom is -0.338 e. The van der Waals surface area contributed by atoms with Gasteiger partial charge in [0.25, 0.3) is 5.91 Å². The van der Waals surface area contributed by atoms with Crippen LogP contribution in [0.4, 0.5) is 0 Å². The molecule has 21 heavy (non-hydrogen) atoms. The second-order valence-electron chi connectivity index (χ2n) is 6.03. The average molecular weight is 284 g/mol. The summed E-state index contributed by atoms with van der Waals surface area (Å²) in [5, 5.41) is 0. The third-order valence-electron chi connectivity index (χ3n) is 3.92. The molecule has 1 fully saturated rings. The van der Waals surface area contributed by atoms with Crippen LogP contribution in [0.1, 0.15) is 30.6 Å². The van der Waals surface area contributed by atoms with E-state index in [1.54, 1.807) is 18.7 Å². The fraction of sp³-hybridized carbons (Fsp3) is 0.438. The zero-order valence-electron chi connectivity index (χ0n) is 12.4. The lowest BCUT2D eigenvalue weighted by atomic mass is 9.91. The van der Waals surface area contributed by atoms with Crippen LogP contribution < -0.4 is 0 Å². The summed E-state index contributed by atoms with van der Waals surface area (Å²) in [6, 6.07) is 3.69. The zero-order valence-corrected chi connectivity index (χ0v) is 12.4. The highest BCUT2D eigenvalue weighted by molar-refractivity contribution is 5.94. The van der Waals surface area contributed by atoms with E-state index in [2.05, 4.69) is 23.8 Å². The Morgan fingerprint density at radius 3 is 2.57 bits per heavy atom. The van der Waals surface area contributed by atoms with Crippen LogP contribution in [-0.4, -0.2) is 38.4 Å². The molecule has 5 nitrogen and oxygen atoms in total. The number of aromatic nitrogens is 3. The summed E-state index contributed by atoms with van der Waals surface area (Å²) in [6.45, 7) is 6.09. The standard InChI is InChI=1S/C16H20N4O/c1-12-7-13(2)10-20(9-12)16(21)14-3-4-15(18-8-14)19-6-5-17-11-19/h3-6,8,11-13H,7,9-10H2,1-2H3. The summed E-state index contributed by atoms with van der Waals surface area (Å²) >= 11 is 0. The number of hydrogen-bond acceptors (Lipinski definition) is 3. The van der Waals surface area contributed by atoms with E-state index in [9.17, 15) is 4.79 Å². The first kappa shape index (κ1) is 13.8. The van der Waals surface area contributed by atoms with Crippen molar-refractivity contribution in [2.75, 3.05) is 13.1 Å². The summed E-state index contributed by atoms with van der Waals surface area (Å²) in [4.78, 5) is 22.9. The first-order valence-electron chi connectivity index (χ1n) is 7.37. The van der Waals surface area contributed by atoms with Crippen molar-refractivity contribution in [3.8, 4) is 5.82 Å². The molecule has 3 heterocycles. The van der Waals surface area contributed by atoms with Gasteiger partial charge in [0, 0.05) is 31.7 Å². The fourth-order valence-electron chi connectivity index (χ4n) is 3.07. The molecule has 0 radical (unpaired) electrons. The molecule has 0 bridgehead atoms. The first-order chi connectivity index (χ1) is 10.1. The first-order valence-corrected chi connectivity index (χ1v) is 7.37. The Morgan fingerprint density at radius 2 is 2.00 bits per heavy atom. The van der Waals surface area contributed by atoms with E-state index in [1.807, 2.05) is 27.8 Å². The maximum absolute atomic E-state index is 12.6. The van der Waals surface area contributed by atoms with Crippen LogP contribution in [0.2, 0.25) is 0 Å². The lowest BCUT2D eigenvalue weighted by Gasteiger charge is -2.35. The number of amides is 1. The van der Waals surface area contributed by atoms with Gasteiger partial charge in [0.05, 0.1) is 5.56 Å². The Hall–Kier alpha value is -2.17. The van der Waals surface area contributed by atoms with Gasteiger partial charge in [-0.1, -0.05) is 13.8 Å². The second-order valence-corrected chi connectivity index (χ2v) is 6.03. The molecule has 5 heteroatoms. The molecular weight excluding hydrogens is 264 g/mol. The minimum atomic E-state index is 0.0816. The van der Waals surface area contributed by atoms with E-state index < -0.39 is 0 Å². The molecule has 2 aromatic heterocycles. The molecule has 2 unspecified atom stereocenters. The number of carbonyl (C=O) groups is 1. The Morgan fingerprint density at radius 1 is 1.24 bits per heavy atom. The number of nitrogens with zero attached hydrogens (tertiary/aromatic N) is 4. The topological polar surface area (TPSA) is 51.0 Å². The summed E-state index contributed by atoms with van der Waals surface area (Å²) < 4.78 is 1.82. The van der Waals surface area contributed by atoms with Gasteiger partial charge in [0.2, 0.25) is 0 Å². The van der Waals surface area contributed by atoms with Crippen LogP contribution in [0.15, 0.2) is 37.1 Å². The van der Waals surface area contributed by atoms with Crippen molar-refractivity contribution < 1.29 is 4.79 Å². The highest BCUT2D eigenvalue weighted by Crippen LogP contribution is 2.22. The molecule has 1 amide bonds. The van der Waals surface area contributed by atoms with Crippen molar-refractivity contribution in [2.45, 2.75) is 20.3 Å². The summed E-state index contributed by atoms with van der Waals surface area (Å²) in [6.07, 6.45) is 8.08. The maximum atomic E-state index is 12.6. The smallest absolute Gasteiger partial charge is 0.255 e. The van der Waals surface area contributed by atoms with E-state index in [0.717, 1.165) is 18.9 Å². The normalized spacial score (nSPS) is 22.3. The summed E-state index contributed by atoms with van der Waals surface area (Å²) in [7, 11) is 0. The van der Waals surface area contributed by atoms with Crippen LogP contribution in [0.3, 0.4) is 0 Å². The van der Waals surface area contributed by atoms with Crippen molar-refractivity contribution in [2.24, 2.45) is 11.8 Å². The van der Waals surface area contributed by atoms with E-state index in [1.165, 1.54) is 6.42 Å². The van der Waals surface area contributed by atoms with Crippen LogP contribution in [0.25, 0.3) is 5.82 Å². The minimum absolute atomic E-state index is 0.0816. The highest BCUT2D eigenvalue weighted by atomic mass is 16.2. The van der Waals surface area contributed by atoms with E-state index in [0.29, 0.717) is 17.4 Å². The van der Waals surface area contributed by atoms with Crippen LogP contribution >= 0.6 is 0 Å². The van der Waals surface area contributed by atoms with Gasteiger partial charge < -0.3 is 4.90 Å². The molecule has 0 aliphatic carbocycles. The number of piperidine rings is 1. The SMILES string of the molecule is CC1CC(C)CN(C(=O)c2ccc(-n3ccnc3)nc2)C1. The van der Waals surface area contributed by atoms with Gasteiger partial charge in [-0.2, -0.15) is 0 Å². The van der Waals surface area contributed by atoms with Crippen LogP contribution in [-0.2, 0) is 0 Å². The zero-order chi connectivity index (χ0) is 14.8. The third kappa shape index (κ3) is 2.96. The van der Waals surface area contributed by atoms with Gasteiger partial charge >= 0.3 is 0 Å². The molecule has 2 aromatic rings. The van der Waals surface area contributed by atoms with Crippen molar-refractivity contribution >= 4 is 5.91 Å². The number of carbonyl (C=O) groups excluding carboxylic acids is 1. The highest BCUT2D eigenvalue weighted by Gasteiger charge is 2.26. The van der Waals surface area contributed by atoms with Gasteiger partial charge in [-0.05, 0) is 30.4 Å². The average Bonchev–Trinajstić information content (AvgIpc) is 3.00. The molecule has 2 atom stereocenters. The number of rotatable bonds is 2. The molecule has 1 aliphatic heterocycles. The predicted molar refractivity (Wildman–Crippen MR) is 80.2 cm³/mol. The van der Waals surface area contributed by atoms with E-state index >= 15 is 0 Å². The summed E-state index contributed by atoms with van der Waals surface area (Å²) in [5.41, 5.74) is 0.653. The molecule has 1 saturated heterocycles. The van der Waals surface area contributed by atoms with Crippen molar-refractivity contribution in [1.82, 2.24) is 19.4 Å². The van der Waals surface area contributed by atoms with Gasteiger partial charge in [0.1, 0.15) is 12.1 Å². The molecule has 0 aromatic carbocycles. The number of hydrogen-bond donors (Lipinski definition) is 0. The van der Waals surface area contributed by atoms with Crippen LogP contribution in [0, 0.1) is 11.8 Å². The van der Waals surface area contributed by atoms with E-state index in [4.69, 9.17) is 0 Å².